The van der Waals surface area contributed by atoms with E-state index in [2.05, 4.69) is 15.7 Å². The second-order valence-electron chi connectivity index (χ2n) is 6.90. The van der Waals surface area contributed by atoms with Gasteiger partial charge in [-0.1, -0.05) is 0 Å². The lowest BCUT2D eigenvalue weighted by molar-refractivity contribution is 0.0105. The second-order valence-corrected chi connectivity index (χ2v) is 6.90. The number of anilines is 2. The van der Waals surface area contributed by atoms with Gasteiger partial charge in [-0.25, -0.2) is 4.98 Å². The average Bonchev–Trinajstić information content (AvgIpc) is 2.37. The molecule has 4 fully saturated rings. The molecule has 0 spiro atoms. The van der Waals surface area contributed by atoms with E-state index in [0.717, 1.165) is 29.3 Å². The van der Waals surface area contributed by atoms with Crippen LogP contribution in [0.1, 0.15) is 38.5 Å². The predicted molar refractivity (Wildman–Crippen MR) is 76.6 cm³/mol. The van der Waals surface area contributed by atoms with Gasteiger partial charge in [0, 0.05) is 5.54 Å². The summed E-state index contributed by atoms with van der Waals surface area (Å²) in [5.41, 5.74) is 3.81. The Balaban J connectivity index is 1.55. The molecule has 4 N–H and O–H groups in total. The van der Waals surface area contributed by atoms with E-state index >= 15 is 0 Å². The molecule has 4 aliphatic carbocycles. The lowest BCUT2D eigenvalue weighted by Gasteiger charge is -2.57. The largest absolute Gasteiger partial charge is 0.365 e. The highest BCUT2D eigenvalue weighted by molar-refractivity contribution is 5.47. The normalized spacial score (nSPS) is 39.3. The van der Waals surface area contributed by atoms with Crippen LogP contribution in [0, 0.1) is 17.8 Å². The summed E-state index contributed by atoms with van der Waals surface area (Å²) in [5.74, 6) is 9.26. The molecule has 5 rings (SSSR count). The lowest BCUT2D eigenvalue weighted by Crippen LogP contribution is -2.54. The number of nitrogen functional groups attached to an aromatic ring is 1. The number of aromatic nitrogens is 1. The van der Waals surface area contributed by atoms with Gasteiger partial charge in [0.1, 0.15) is 5.82 Å². The van der Waals surface area contributed by atoms with Crippen molar-refractivity contribution in [1.29, 1.82) is 0 Å². The maximum atomic E-state index is 5.38. The fraction of sp³-hybridized carbons (Fsp3) is 0.667. The monoisotopic (exact) mass is 258 g/mol. The maximum Gasteiger partial charge on any atom is 0.126 e. The van der Waals surface area contributed by atoms with Gasteiger partial charge < -0.3 is 10.7 Å². The van der Waals surface area contributed by atoms with E-state index in [1.807, 2.05) is 12.1 Å². The fourth-order valence-corrected chi connectivity index (χ4v) is 5.09. The van der Waals surface area contributed by atoms with Crippen LogP contribution in [0.25, 0.3) is 0 Å². The zero-order valence-corrected chi connectivity index (χ0v) is 11.2. The molecule has 4 saturated carbocycles. The Morgan fingerprint density at radius 3 is 2.16 bits per heavy atom. The fourth-order valence-electron chi connectivity index (χ4n) is 5.09. The standard InChI is InChI=1S/C15H22N4/c16-19-13-1-2-14(17-9-13)18-15-6-10-3-11(7-15)5-12(4-10)8-15/h1-2,9-12,19H,3-8,16H2,(H,17,18). The molecule has 102 valence electrons. The molecule has 0 saturated heterocycles. The second kappa shape index (κ2) is 4.10. The van der Waals surface area contributed by atoms with Crippen LogP contribution < -0.4 is 16.6 Å². The van der Waals surface area contributed by atoms with E-state index in [4.69, 9.17) is 5.84 Å². The molecule has 1 heterocycles. The quantitative estimate of drug-likeness (QED) is 0.576. The molecule has 4 aliphatic rings. The number of nitrogens with one attached hydrogen (secondary N) is 2. The predicted octanol–water partition coefficient (Wildman–Crippen LogP) is 2.75. The summed E-state index contributed by atoms with van der Waals surface area (Å²) < 4.78 is 0. The van der Waals surface area contributed by atoms with E-state index in [1.165, 1.54) is 38.5 Å². The first-order valence-corrected chi connectivity index (χ1v) is 7.45. The molecule has 0 radical (unpaired) electrons. The summed E-state index contributed by atoms with van der Waals surface area (Å²) in [4.78, 5) is 4.47. The van der Waals surface area contributed by atoms with Crippen molar-refractivity contribution in [2.24, 2.45) is 23.6 Å². The number of hydrazine groups is 1. The van der Waals surface area contributed by atoms with E-state index < -0.39 is 0 Å². The molecular weight excluding hydrogens is 236 g/mol. The van der Waals surface area contributed by atoms with Gasteiger partial charge in [-0.15, -0.1) is 0 Å². The molecule has 4 nitrogen and oxygen atoms in total. The summed E-state index contributed by atoms with van der Waals surface area (Å²) >= 11 is 0. The van der Waals surface area contributed by atoms with Gasteiger partial charge in [0.25, 0.3) is 0 Å². The van der Waals surface area contributed by atoms with Crippen LogP contribution in [0.4, 0.5) is 11.5 Å². The van der Waals surface area contributed by atoms with Crippen LogP contribution in [-0.2, 0) is 0 Å². The first-order chi connectivity index (χ1) is 9.25. The van der Waals surface area contributed by atoms with Crippen LogP contribution in [-0.4, -0.2) is 10.5 Å². The zero-order valence-electron chi connectivity index (χ0n) is 11.2. The van der Waals surface area contributed by atoms with E-state index in [1.54, 1.807) is 6.20 Å². The number of pyridine rings is 1. The number of hydrogen-bond acceptors (Lipinski definition) is 4. The molecule has 0 amide bonds. The molecule has 0 unspecified atom stereocenters. The van der Waals surface area contributed by atoms with Crippen molar-refractivity contribution in [3.8, 4) is 0 Å². The number of rotatable bonds is 3. The van der Waals surface area contributed by atoms with Gasteiger partial charge >= 0.3 is 0 Å². The van der Waals surface area contributed by atoms with Crippen LogP contribution in [0.3, 0.4) is 0 Å². The Kier molecular flexibility index (Phi) is 2.49. The van der Waals surface area contributed by atoms with E-state index in [9.17, 15) is 0 Å². The summed E-state index contributed by atoms with van der Waals surface area (Å²) in [6.07, 6.45) is 10.3. The average molecular weight is 258 g/mol. The minimum Gasteiger partial charge on any atom is -0.365 e. The maximum absolute atomic E-state index is 5.38. The van der Waals surface area contributed by atoms with Crippen molar-refractivity contribution in [2.75, 3.05) is 10.7 Å². The SMILES string of the molecule is NNc1ccc(NC23CC4CC(CC(C4)C2)C3)nc1. The number of hydrogen-bond donors (Lipinski definition) is 3. The lowest BCUT2D eigenvalue weighted by atomic mass is 9.53. The van der Waals surface area contributed by atoms with Crippen LogP contribution >= 0.6 is 0 Å². The molecule has 4 heteroatoms. The highest BCUT2D eigenvalue weighted by Crippen LogP contribution is 2.56. The molecule has 0 atom stereocenters. The Labute approximate surface area is 114 Å². The third-order valence-corrected chi connectivity index (χ3v) is 5.36. The number of nitrogens with zero attached hydrogens (tertiary/aromatic N) is 1. The first-order valence-electron chi connectivity index (χ1n) is 7.45. The van der Waals surface area contributed by atoms with Crippen LogP contribution in [0.15, 0.2) is 18.3 Å². The molecule has 1 aromatic rings. The summed E-state index contributed by atoms with van der Waals surface area (Å²) in [5, 5.41) is 3.76. The van der Waals surface area contributed by atoms with Crippen molar-refractivity contribution in [1.82, 2.24) is 4.98 Å². The molecule has 0 aliphatic heterocycles. The molecule has 19 heavy (non-hydrogen) atoms. The van der Waals surface area contributed by atoms with Crippen molar-refractivity contribution >= 4 is 11.5 Å². The smallest absolute Gasteiger partial charge is 0.126 e. The van der Waals surface area contributed by atoms with Gasteiger partial charge in [-0.2, -0.15) is 0 Å². The topological polar surface area (TPSA) is 63.0 Å². The Morgan fingerprint density at radius 2 is 1.68 bits per heavy atom. The zero-order chi connectivity index (χ0) is 12.9. The van der Waals surface area contributed by atoms with Crippen LogP contribution in [0.2, 0.25) is 0 Å². The number of nitrogens with two attached hydrogens (primary N) is 1. The van der Waals surface area contributed by atoms with Gasteiger partial charge in [0.15, 0.2) is 0 Å². The Hall–Kier alpha value is -1.29. The Bertz CT molecular complexity index is 432. The van der Waals surface area contributed by atoms with Crippen molar-refractivity contribution in [3.05, 3.63) is 18.3 Å². The Morgan fingerprint density at radius 1 is 1.05 bits per heavy atom. The highest BCUT2D eigenvalue weighted by atomic mass is 15.2. The molecule has 1 aromatic heterocycles. The molecule has 0 aromatic carbocycles. The van der Waals surface area contributed by atoms with Crippen molar-refractivity contribution < 1.29 is 0 Å². The van der Waals surface area contributed by atoms with E-state index in [-0.39, 0.29) is 0 Å². The highest BCUT2D eigenvalue weighted by Gasteiger charge is 2.50. The van der Waals surface area contributed by atoms with Crippen molar-refractivity contribution in [2.45, 2.75) is 44.1 Å². The van der Waals surface area contributed by atoms with Gasteiger partial charge in [-0.05, 0) is 68.4 Å². The molecular formula is C15H22N4. The third kappa shape index (κ3) is 1.98. The summed E-state index contributed by atoms with van der Waals surface area (Å²) in [6, 6.07) is 4.02. The summed E-state index contributed by atoms with van der Waals surface area (Å²) in [6.45, 7) is 0. The third-order valence-electron chi connectivity index (χ3n) is 5.36. The van der Waals surface area contributed by atoms with E-state index in [0.29, 0.717) is 5.54 Å². The molecule has 4 bridgehead atoms. The van der Waals surface area contributed by atoms with Gasteiger partial charge in [-0.3, -0.25) is 5.84 Å². The van der Waals surface area contributed by atoms with Gasteiger partial charge in [0.05, 0.1) is 11.9 Å². The van der Waals surface area contributed by atoms with Gasteiger partial charge in [0.2, 0.25) is 0 Å². The summed E-state index contributed by atoms with van der Waals surface area (Å²) in [7, 11) is 0. The minimum absolute atomic E-state index is 0.333. The minimum atomic E-state index is 0.333. The van der Waals surface area contributed by atoms with Crippen molar-refractivity contribution in [3.63, 3.8) is 0 Å². The first kappa shape index (κ1) is 11.5. The van der Waals surface area contributed by atoms with Crippen LogP contribution in [0.5, 0.6) is 0 Å².